The Balaban J connectivity index is 2.19. The molecule has 0 unspecified atom stereocenters. The van der Waals surface area contributed by atoms with Gasteiger partial charge in [0, 0.05) is 23.8 Å². The number of anilines is 1. The van der Waals surface area contributed by atoms with Gasteiger partial charge in [-0.3, -0.25) is 4.79 Å². The summed E-state index contributed by atoms with van der Waals surface area (Å²) >= 11 is 5.78. The maximum absolute atomic E-state index is 12.1. The van der Waals surface area contributed by atoms with E-state index in [1.807, 2.05) is 0 Å². The summed E-state index contributed by atoms with van der Waals surface area (Å²) in [4.78, 5) is 13.8. The average molecular weight is 241 g/mol. The second kappa shape index (κ2) is 4.72. The molecule has 1 aromatic rings. The second-order valence-electron chi connectivity index (χ2n) is 3.64. The Kier molecular flexibility index (Phi) is 3.31. The molecule has 1 aliphatic rings. The summed E-state index contributed by atoms with van der Waals surface area (Å²) in [5.41, 5.74) is 6.69. The van der Waals surface area contributed by atoms with E-state index in [2.05, 4.69) is 0 Å². The molecule has 1 saturated heterocycles. The molecule has 0 saturated carbocycles. The number of rotatable bonds is 1. The molecule has 86 valence electrons. The summed E-state index contributed by atoms with van der Waals surface area (Å²) in [7, 11) is 0. The smallest absolute Gasteiger partial charge is 0.256 e. The van der Waals surface area contributed by atoms with E-state index in [1.54, 1.807) is 23.1 Å². The molecule has 0 spiro atoms. The number of halogens is 1. The lowest BCUT2D eigenvalue weighted by Crippen LogP contribution is -2.40. The van der Waals surface area contributed by atoms with Crippen molar-refractivity contribution < 1.29 is 9.53 Å². The standard InChI is InChI=1S/C11H13ClN2O2/c12-8-1-2-9(10(13)7-8)11(15)14-3-5-16-6-4-14/h1-2,7H,3-6,13H2. The van der Waals surface area contributed by atoms with Crippen LogP contribution in [0.5, 0.6) is 0 Å². The van der Waals surface area contributed by atoms with Crippen LogP contribution in [0.15, 0.2) is 18.2 Å². The first kappa shape index (κ1) is 11.2. The van der Waals surface area contributed by atoms with Gasteiger partial charge in [-0.2, -0.15) is 0 Å². The number of carbonyl (C=O) groups excluding carboxylic acids is 1. The number of amides is 1. The molecule has 1 aliphatic heterocycles. The van der Waals surface area contributed by atoms with Gasteiger partial charge in [-0.1, -0.05) is 11.6 Å². The minimum absolute atomic E-state index is 0.0579. The van der Waals surface area contributed by atoms with Crippen LogP contribution in [0.4, 0.5) is 5.69 Å². The van der Waals surface area contributed by atoms with Gasteiger partial charge in [0.25, 0.3) is 5.91 Å². The van der Waals surface area contributed by atoms with Crippen LogP contribution in [0.3, 0.4) is 0 Å². The second-order valence-corrected chi connectivity index (χ2v) is 4.07. The van der Waals surface area contributed by atoms with E-state index in [9.17, 15) is 4.79 Å². The normalized spacial score (nSPS) is 16.2. The lowest BCUT2D eigenvalue weighted by molar-refractivity contribution is 0.0303. The molecule has 0 radical (unpaired) electrons. The Morgan fingerprint density at radius 3 is 2.69 bits per heavy atom. The van der Waals surface area contributed by atoms with Gasteiger partial charge in [0.15, 0.2) is 0 Å². The maximum atomic E-state index is 12.1. The van der Waals surface area contributed by atoms with Crippen molar-refractivity contribution in [2.45, 2.75) is 0 Å². The van der Waals surface area contributed by atoms with Gasteiger partial charge < -0.3 is 15.4 Å². The Hall–Kier alpha value is -1.26. The van der Waals surface area contributed by atoms with Gasteiger partial charge >= 0.3 is 0 Å². The molecule has 0 atom stereocenters. The van der Waals surface area contributed by atoms with Crippen LogP contribution < -0.4 is 5.73 Å². The lowest BCUT2D eigenvalue weighted by Gasteiger charge is -2.27. The zero-order chi connectivity index (χ0) is 11.5. The topological polar surface area (TPSA) is 55.6 Å². The number of carbonyl (C=O) groups is 1. The molecule has 5 heteroatoms. The third-order valence-corrected chi connectivity index (χ3v) is 2.78. The van der Waals surface area contributed by atoms with Crippen molar-refractivity contribution in [3.05, 3.63) is 28.8 Å². The van der Waals surface area contributed by atoms with Crippen LogP contribution in [0, 0.1) is 0 Å². The molecule has 16 heavy (non-hydrogen) atoms. The molecule has 0 aromatic heterocycles. The van der Waals surface area contributed by atoms with Gasteiger partial charge in [0.2, 0.25) is 0 Å². The van der Waals surface area contributed by atoms with E-state index in [0.29, 0.717) is 42.6 Å². The van der Waals surface area contributed by atoms with E-state index in [1.165, 1.54) is 0 Å². The largest absolute Gasteiger partial charge is 0.398 e. The first-order valence-corrected chi connectivity index (χ1v) is 5.48. The first-order chi connectivity index (χ1) is 7.68. The molecule has 1 fully saturated rings. The van der Waals surface area contributed by atoms with Crippen molar-refractivity contribution in [2.75, 3.05) is 32.0 Å². The van der Waals surface area contributed by atoms with Crippen LogP contribution in [0.2, 0.25) is 5.02 Å². The Labute approximate surface area is 98.9 Å². The average Bonchev–Trinajstić information content (AvgIpc) is 2.29. The SMILES string of the molecule is Nc1cc(Cl)ccc1C(=O)N1CCOCC1. The van der Waals surface area contributed by atoms with Gasteiger partial charge in [-0.05, 0) is 18.2 Å². The number of ether oxygens (including phenoxy) is 1. The van der Waals surface area contributed by atoms with E-state index < -0.39 is 0 Å². The molecule has 1 aromatic carbocycles. The Bertz CT molecular complexity index is 403. The summed E-state index contributed by atoms with van der Waals surface area (Å²) < 4.78 is 5.19. The van der Waals surface area contributed by atoms with Crippen LogP contribution >= 0.6 is 11.6 Å². The number of hydrogen-bond donors (Lipinski definition) is 1. The molecule has 4 nitrogen and oxygen atoms in total. The zero-order valence-corrected chi connectivity index (χ0v) is 9.54. The third-order valence-electron chi connectivity index (χ3n) is 2.54. The quantitative estimate of drug-likeness (QED) is 0.755. The molecular formula is C11H13ClN2O2. The summed E-state index contributed by atoms with van der Waals surface area (Å²) in [6.07, 6.45) is 0. The molecule has 2 rings (SSSR count). The molecule has 1 amide bonds. The number of hydrogen-bond acceptors (Lipinski definition) is 3. The van der Waals surface area contributed by atoms with Crippen molar-refractivity contribution in [3.8, 4) is 0 Å². The van der Waals surface area contributed by atoms with E-state index in [4.69, 9.17) is 22.1 Å². The molecular weight excluding hydrogens is 228 g/mol. The predicted molar refractivity (Wildman–Crippen MR) is 62.6 cm³/mol. The van der Waals surface area contributed by atoms with Gasteiger partial charge in [0.05, 0.1) is 18.8 Å². The lowest BCUT2D eigenvalue weighted by atomic mass is 10.1. The number of nitrogens with two attached hydrogens (primary N) is 1. The zero-order valence-electron chi connectivity index (χ0n) is 8.78. The molecule has 2 N–H and O–H groups in total. The molecule has 0 aliphatic carbocycles. The van der Waals surface area contributed by atoms with E-state index in [0.717, 1.165) is 0 Å². The van der Waals surface area contributed by atoms with Crippen molar-refractivity contribution in [1.29, 1.82) is 0 Å². The van der Waals surface area contributed by atoms with Crippen LogP contribution in [-0.4, -0.2) is 37.1 Å². The molecule has 1 heterocycles. The fourth-order valence-corrected chi connectivity index (χ4v) is 1.85. The minimum Gasteiger partial charge on any atom is -0.398 e. The van der Waals surface area contributed by atoms with Crippen molar-refractivity contribution in [2.24, 2.45) is 0 Å². The van der Waals surface area contributed by atoms with E-state index in [-0.39, 0.29) is 5.91 Å². The highest BCUT2D eigenvalue weighted by Gasteiger charge is 2.20. The highest BCUT2D eigenvalue weighted by molar-refractivity contribution is 6.31. The minimum atomic E-state index is -0.0579. The number of nitrogens with zero attached hydrogens (tertiary/aromatic N) is 1. The van der Waals surface area contributed by atoms with Crippen molar-refractivity contribution in [3.63, 3.8) is 0 Å². The summed E-state index contributed by atoms with van der Waals surface area (Å²) in [6, 6.07) is 4.93. The first-order valence-electron chi connectivity index (χ1n) is 5.10. The van der Waals surface area contributed by atoms with Crippen LogP contribution in [0.25, 0.3) is 0 Å². The van der Waals surface area contributed by atoms with Crippen molar-refractivity contribution in [1.82, 2.24) is 4.90 Å². The molecule has 0 bridgehead atoms. The maximum Gasteiger partial charge on any atom is 0.256 e. The Morgan fingerprint density at radius 2 is 2.06 bits per heavy atom. The van der Waals surface area contributed by atoms with Gasteiger partial charge in [0.1, 0.15) is 0 Å². The highest BCUT2D eigenvalue weighted by atomic mass is 35.5. The number of morpholine rings is 1. The van der Waals surface area contributed by atoms with Crippen LogP contribution in [0.1, 0.15) is 10.4 Å². The predicted octanol–water partition coefficient (Wildman–Crippen LogP) is 1.39. The third kappa shape index (κ3) is 2.28. The monoisotopic (exact) mass is 240 g/mol. The summed E-state index contributed by atoms with van der Waals surface area (Å²) in [5.74, 6) is -0.0579. The van der Waals surface area contributed by atoms with Gasteiger partial charge in [-0.15, -0.1) is 0 Å². The van der Waals surface area contributed by atoms with Crippen LogP contribution in [-0.2, 0) is 4.74 Å². The van der Waals surface area contributed by atoms with Crippen molar-refractivity contribution >= 4 is 23.2 Å². The fourth-order valence-electron chi connectivity index (χ4n) is 1.67. The summed E-state index contributed by atoms with van der Waals surface area (Å²) in [6.45, 7) is 2.39. The fraction of sp³-hybridized carbons (Fsp3) is 0.364. The van der Waals surface area contributed by atoms with E-state index >= 15 is 0 Å². The Morgan fingerprint density at radius 1 is 1.38 bits per heavy atom. The highest BCUT2D eigenvalue weighted by Crippen LogP contribution is 2.19. The number of benzene rings is 1. The summed E-state index contributed by atoms with van der Waals surface area (Å²) in [5, 5.41) is 0.538. The van der Waals surface area contributed by atoms with Gasteiger partial charge in [-0.25, -0.2) is 0 Å². The number of nitrogen functional groups attached to an aromatic ring is 1.